The van der Waals surface area contributed by atoms with E-state index in [1.54, 1.807) is 0 Å². The number of carbonyl (C=O) groups is 2. The van der Waals surface area contributed by atoms with Crippen molar-refractivity contribution in [3.05, 3.63) is 166 Å². The van der Waals surface area contributed by atoms with Crippen molar-refractivity contribution in [2.45, 2.75) is 26.7 Å². The molecule has 0 amide bonds. The van der Waals surface area contributed by atoms with Crippen LogP contribution in [0.3, 0.4) is 0 Å². The molecular weight excluding hydrogens is 641 g/mol. The maximum Gasteiger partial charge on any atom is 0.150 e. The molecule has 252 valence electrons. The van der Waals surface area contributed by atoms with Crippen molar-refractivity contribution >= 4 is 69.6 Å². The second kappa shape index (κ2) is 14.0. The van der Waals surface area contributed by atoms with Crippen molar-refractivity contribution in [1.82, 2.24) is 0 Å². The molecule has 0 N–H and O–H groups in total. The molecule has 0 spiro atoms. The van der Waals surface area contributed by atoms with Gasteiger partial charge in [0.1, 0.15) is 35.3 Å². The van der Waals surface area contributed by atoms with Crippen LogP contribution in [0.25, 0.3) is 79.3 Å². The highest BCUT2D eigenvalue weighted by Crippen LogP contribution is 2.43. The molecule has 0 saturated heterocycles. The number of hydrogen-bond acceptors (Lipinski definition) is 4. The molecule has 4 nitrogen and oxygen atoms in total. The Hall–Kier alpha value is -6.52. The predicted molar refractivity (Wildman–Crippen MR) is 215 cm³/mol. The molecule has 8 aromatic rings. The van der Waals surface area contributed by atoms with Crippen LogP contribution in [0.5, 0.6) is 0 Å². The maximum atomic E-state index is 11.0. The van der Waals surface area contributed by atoms with E-state index in [2.05, 4.69) is 111 Å². The second-order valence-corrected chi connectivity index (χ2v) is 13.0. The summed E-state index contributed by atoms with van der Waals surface area (Å²) in [6.45, 7) is 4.27. The van der Waals surface area contributed by atoms with Crippen LogP contribution >= 0.6 is 0 Å². The third-order valence-electron chi connectivity index (χ3n) is 9.77. The van der Waals surface area contributed by atoms with Gasteiger partial charge < -0.3 is 8.83 Å². The van der Waals surface area contributed by atoms with Crippen LogP contribution in [0, 0.1) is 0 Å². The van der Waals surface area contributed by atoms with Gasteiger partial charge in [-0.05, 0) is 57.6 Å². The summed E-state index contributed by atoms with van der Waals surface area (Å²) in [7, 11) is 0. The molecule has 52 heavy (non-hydrogen) atoms. The SMILES string of the molecule is CCc1oc2c(ccc3c2ccc2c(-c4ccc(/C=C/c5ccc(C=O)cc5)cc4)c(CC)oc23)c1-c1ccc(/C=C/c2ccc(C=O)cc2)cc1. The Morgan fingerprint density at radius 3 is 0.981 bits per heavy atom. The Morgan fingerprint density at radius 2 is 0.673 bits per heavy atom. The minimum absolute atomic E-state index is 0.671. The Kier molecular flexibility index (Phi) is 8.80. The second-order valence-electron chi connectivity index (χ2n) is 13.0. The molecule has 0 saturated carbocycles. The molecule has 4 heteroatoms. The standard InChI is InChI=1S/C48H36O4/c1-3-43-45(37-21-17-33(18-22-37)7-5-31-9-13-35(29-49)14-10-31)41-27-25-40-39(47(41)51-43)26-28-42-46(44(4-2)52-48(40)42)38-23-19-34(20-24-38)8-6-32-11-15-36(30-50)16-12-32/h5-30H,3-4H2,1-2H3/b7-5+,8-6+. The fourth-order valence-electron chi connectivity index (χ4n) is 7.02. The molecule has 0 radical (unpaired) electrons. The lowest BCUT2D eigenvalue weighted by molar-refractivity contribution is 0.111. The van der Waals surface area contributed by atoms with Gasteiger partial charge in [0.15, 0.2) is 0 Å². The average Bonchev–Trinajstić information content (AvgIpc) is 3.79. The number of furan rings is 2. The lowest BCUT2D eigenvalue weighted by Crippen LogP contribution is -1.84. The number of aryl methyl sites for hydroxylation is 2. The Labute approximate surface area is 302 Å². The van der Waals surface area contributed by atoms with Crippen LogP contribution in [0.15, 0.2) is 130 Å². The molecule has 8 rings (SSSR count). The van der Waals surface area contributed by atoms with Crippen LogP contribution in [0.2, 0.25) is 0 Å². The van der Waals surface area contributed by atoms with E-state index < -0.39 is 0 Å². The van der Waals surface area contributed by atoms with E-state index in [-0.39, 0.29) is 0 Å². The maximum absolute atomic E-state index is 11.0. The molecule has 0 bridgehead atoms. The molecule has 6 aromatic carbocycles. The predicted octanol–water partition coefficient (Wildman–Crippen LogP) is 12.8. The summed E-state index contributed by atoms with van der Waals surface area (Å²) in [4.78, 5) is 21.9. The minimum atomic E-state index is 0.671. The lowest BCUT2D eigenvalue weighted by atomic mass is 9.95. The third kappa shape index (κ3) is 6.09. The molecule has 2 heterocycles. The number of benzene rings is 6. The summed E-state index contributed by atoms with van der Waals surface area (Å²) in [5, 5.41) is 4.26. The molecule has 0 atom stereocenters. The minimum Gasteiger partial charge on any atom is -0.460 e. The summed E-state index contributed by atoms with van der Waals surface area (Å²) in [6, 6.07) is 40.9. The first kappa shape index (κ1) is 32.7. The zero-order valence-corrected chi connectivity index (χ0v) is 29.1. The number of fused-ring (bicyclic) bond motifs is 5. The normalized spacial score (nSPS) is 11.8. The van der Waals surface area contributed by atoms with Gasteiger partial charge >= 0.3 is 0 Å². The van der Waals surface area contributed by atoms with Crippen LogP contribution < -0.4 is 0 Å². The van der Waals surface area contributed by atoms with Crippen molar-refractivity contribution in [2.24, 2.45) is 0 Å². The van der Waals surface area contributed by atoms with Crippen molar-refractivity contribution < 1.29 is 18.4 Å². The fraction of sp³-hybridized carbons (Fsp3) is 0.0833. The van der Waals surface area contributed by atoms with Gasteiger partial charge in [-0.3, -0.25) is 9.59 Å². The van der Waals surface area contributed by atoms with Gasteiger partial charge in [-0.1, -0.05) is 135 Å². The highest BCUT2D eigenvalue weighted by molar-refractivity contribution is 6.18. The van der Waals surface area contributed by atoms with E-state index >= 15 is 0 Å². The summed E-state index contributed by atoms with van der Waals surface area (Å²) in [6.07, 6.45) is 11.5. The molecule has 0 fully saturated rings. The number of rotatable bonds is 10. The van der Waals surface area contributed by atoms with Crippen molar-refractivity contribution in [3.8, 4) is 22.3 Å². The highest BCUT2D eigenvalue weighted by Gasteiger charge is 2.21. The fourth-order valence-corrected chi connectivity index (χ4v) is 7.02. The Bertz CT molecular complexity index is 2440. The topological polar surface area (TPSA) is 60.4 Å². The highest BCUT2D eigenvalue weighted by atomic mass is 16.3. The zero-order chi connectivity index (χ0) is 35.6. The van der Waals surface area contributed by atoms with E-state index in [0.29, 0.717) is 11.1 Å². The number of carbonyl (C=O) groups excluding carboxylic acids is 2. The quantitative estimate of drug-likeness (QED) is 0.107. The van der Waals surface area contributed by atoms with Crippen LogP contribution in [0.1, 0.15) is 68.3 Å². The average molecular weight is 677 g/mol. The largest absolute Gasteiger partial charge is 0.460 e. The van der Waals surface area contributed by atoms with Gasteiger partial charge in [0.25, 0.3) is 0 Å². The number of aldehydes is 2. The van der Waals surface area contributed by atoms with Gasteiger partial charge in [-0.2, -0.15) is 0 Å². The third-order valence-corrected chi connectivity index (χ3v) is 9.77. The van der Waals surface area contributed by atoms with Crippen molar-refractivity contribution in [2.75, 3.05) is 0 Å². The Balaban J connectivity index is 1.12. The molecular formula is C48H36O4. The smallest absolute Gasteiger partial charge is 0.150 e. The Morgan fingerprint density at radius 1 is 0.385 bits per heavy atom. The monoisotopic (exact) mass is 676 g/mol. The van der Waals surface area contributed by atoms with E-state index in [0.717, 1.165) is 114 Å². The van der Waals surface area contributed by atoms with Crippen LogP contribution in [0.4, 0.5) is 0 Å². The van der Waals surface area contributed by atoms with Gasteiger partial charge in [0.2, 0.25) is 0 Å². The van der Waals surface area contributed by atoms with Crippen LogP contribution in [-0.4, -0.2) is 12.6 Å². The van der Waals surface area contributed by atoms with E-state index in [1.165, 1.54) is 0 Å². The van der Waals surface area contributed by atoms with E-state index in [1.807, 2.05) is 48.5 Å². The summed E-state index contributed by atoms with van der Waals surface area (Å²) < 4.78 is 13.3. The molecule has 0 unspecified atom stereocenters. The van der Waals surface area contributed by atoms with Crippen molar-refractivity contribution in [1.29, 1.82) is 0 Å². The summed E-state index contributed by atoms with van der Waals surface area (Å²) in [5.74, 6) is 1.92. The zero-order valence-electron chi connectivity index (χ0n) is 29.1. The van der Waals surface area contributed by atoms with Crippen molar-refractivity contribution in [3.63, 3.8) is 0 Å². The molecule has 0 aliphatic heterocycles. The van der Waals surface area contributed by atoms with E-state index in [9.17, 15) is 9.59 Å². The first-order chi connectivity index (χ1) is 25.6. The summed E-state index contributed by atoms with van der Waals surface area (Å²) in [5.41, 5.74) is 11.9. The number of hydrogen-bond donors (Lipinski definition) is 0. The first-order valence-electron chi connectivity index (χ1n) is 17.7. The molecule has 2 aromatic heterocycles. The van der Waals surface area contributed by atoms with Gasteiger partial charge in [-0.15, -0.1) is 0 Å². The van der Waals surface area contributed by atoms with Gasteiger partial charge in [0.05, 0.1) is 0 Å². The van der Waals surface area contributed by atoms with Gasteiger partial charge in [-0.25, -0.2) is 0 Å². The van der Waals surface area contributed by atoms with Crippen LogP contribution in [-0.2, 0) is 12.8 Å². The van der Waals surface area contributed by atoms with Gasteiger partial charge in [0, 0.05) is 56.6 Å². The lowest BCUT2D eigenvalue weighted by Gasteiger charge is -2.05. The first-order valence-corrected chi connectivity index (χ1v) is 17.7. The molecule has 0 aliphatic carbocycles. The molecule has 0 aliphatic rings. The summed E-state index contributed by atoms with van der Waals surface area (Å²) >= 11 is 0. The van der Waals surface area contributed by atoms with E-state index in [4.69, 9.17) is 8.83 Å².